The smallest absolute Gasteiger partial charge is 0.276 e. The molecule has 0 fully saturated rings. The third-order valence-corrected chi connectivity index (χ3v) is 4.53. The quantitative estimate of drug-likeness (QED) is 0.768. The Morgan fingerprint density at radius 3 is 2.78 bits per heavy atom. The van der Waals surface area contributed by atoms with E-state index in [1.54, 1.807) is 37.1 Å². The van der Waals surface area contributed by atoms with Gasteiger partial charge in [0.1, 0.15) is 23.9 Å². The zero-order chi connectivity index (χ0) is 19.0. The summed E-state index contributed by atoms with van der Waals surface area (Å²) in [6, 6.07) is 12.9. The number of anilines is 1. The monoisotopic (exact) mass is 365 g/mol. The van der Waals surface area contributed by atoms with E-state index in [4.69, 9.17) is 14.2 Å². The highest BCUT2D eigenvalue weighted by molar-refractivity contribution is 6.06. The molecule has 0 saturated carbocycles. The van der Waals surface area contributed by atoms with Crippen LogP contribution in [0.4, 0.5) is 5.69 Å². The van der Waals surface area contributed by atoms with Gasteiger partial charge in [-0.25, -0.2) is 0 Å². The van der Waals surface area contributed by atoms with Crippen LogP contribution in [-0.2, 0) is 13.7 Å². The van der Waals surface area contributed by atoms with Crippen molar-refractivity contribution >= 4 is 11.6 Å². The van der Waals surface area contributed by atoms with Gasteiger partial charge in [-0.2, -0.15) is 5.10 Å². The SMILES string of the molecule is COc1ccc(OC)c(NC(=O)c2nn(C)c3c2COc2ccccc2-3)c1. The molecule has 1 aliphatic rings. The highest BCUT2D eigenvalue weighted by Gasteiger charge is 2.28. The number of nitrogens with zero attached hydrogens (tertiary/aromatic N) is 2. The predicted molar refractivity (Wildman–Crippen MR) is 100 cm³/mol. The lowest BCUT2D eigenvalue weighted by atomic mass is 10.0. The minimum Gasteiger partial charge on any atom is -0.497 e. The maximum absolute atomic E-state index is 12.9. The van der Waals surface area contributed by atoms with Gasteiger partial charge in [0.25, 0.3) is 5.91 Å². The first-order valence-corrected chi connectivity index (χ1v) is 8.44. The summed E-state index contributed by atoms with van der Waals surface area (Å²) in [7, 11) is 4.94. The fourth-order valence-electron chi connectivity index (χ4n) is 3.26. The standard InChI is InChI=1S/C20H19N3O4/c1-23-19-13-6-4-5-7-16(13)27-11-14(19)18(22-23)20(24)21-15-10-12(25-2)8-9-17(15)26-3/h4-10H,11H2,1-3H3,(H,21,24). The number of fused-ring (bicyclic) bond motifs is 3. The number of carbonyl (C=O) groups excluding carboxylic acids is 1. The van der Waals surface area contributed by atoms with Crippen LogP contribution >= 0.6 is 0 Å². The minimum absolute atomic E-state index is 0.290. The fraction of sp³-hybridized carbons (Fsp3) is 0.200. The Bertz CT molecular complexity index is 1030. The van der Waals surface area contributed by atoms with Crippen molar-refractivity contribution in [3.8, 4) is 28.5 Å². The van der Waals surface area contributed by atoms with Crippen LogP contribution in [0.15, 0.2) is 42.5 Å². The molecule has 2 aromatic carbocycles. The summed E-state index contributed by atoms with van der Waals surface area (Å²) in [4.78, 5) is 12.9. The van der Waals surface area contributed by atoms with Crippen molar-refractivity contribution in [3.63, 3.8) is 0 Å². The lowest BCUT2D eigenvalue weighted by Crippen LogP contribution is -2.17. The van der Waals surface area contributed by atoms with E-state index >= 15 is 0 Å². The van der Waals surface area contributed by atoms with Gasteiger partial charge < -0.3 is 19.5 Å². The first kappa shape index (κ1) is 17.0. The molecule has 2 heterocycles. The van der Waals surface area contributed by atoms with Gasteiger partial charge in [-0.15, -0.1) is 0 Å². The molecule has 138 valence electrons. The second-order valence-electron chi connectivity index (χ2n) is 6.10. The van der Waals surface area contributed by atoms with E-state index in [9.17, 15) is 4.79 Å². The van der Waals surface area contributed by atoms with Crippen molar-refractivity contribution in [2.24, 2.45) is 7.05 Å². The van der Waals surface area contributed by atoms with Crippen LogP contribution in [0.3, 0.4) is 0 Å². The molecule has 1 N–H and O–H groups in total. The van der Waals surface area contributed by atoms with Crippen molar-refractivity contribution in [2.45, 2.75) is 6.61 Å². The Labute approximate surface area is 156 Å². The van der Waals surface area contributed by atoms with Crippen LogP contribution in [0.1, 0.15) is 16.1 Å². The van der Waals surface area contributed by atoms with Gasteiger partial charge in [-0.1, -0.05) is 12.1 Å². The molecular weight excluding hydrogens is 346 g/mol. The fourth-order valence-corrected chi connectivity index (χ4v) is 3.26. The molecule has 0 bridgehead atoms. The molecule has 0 atom stereocenters. The van der Waals surface area contributed by atoms with Crippen molar-refractivity contribution in [1.29, 1.82) is 0 Å². The number of hydrogen-bond donors (Lipinski definition) is 1. The Balaban J connectivity index is 1.71. The van der Waals surface area contributed by atoms with E-state index in [-0.39, 0.29) is 12.5 Å². The van der Waals surface area contributed by atoms with Crippen LogP contribution in [0.5, 0.6) is 17.2 Å². The van der Waals surface area contributed by atoms with Gasteiger partial charge in [-0.3, -0.25) is 9.48 Å². The summed E-state index contributed by atoms with van der Waals surface area (Å²) in [5.74, 6) is 1.61. The molecule has 3 aromatic rings. The van der Waals surface area contributed by atoms with Crippen molar-refractivity contribution in [2.75, 3.05) is 19.5 Å². The number of aryl methyl sites for hydroxylation is 1. The van der Waals surface area contributed by atoms with Gasteiger partial charge in [-0.05, 0) is 24.3 Å². The topological polar surface area (TPSA) is 74.6 Å². The van der Waals surface area contributed by atoms with Crippen LogP contribution in [0.25, 0.3) is 11.3 Å². The zero-order valence-corrected chi connectivity index (χ0v) is 15.3. The van der Waals surface area contributed by atoms with Gasteiger partial charge in [0.15, 0.2) is 5.69 Å². The first-order valence-electron chi connectivity index (χ1n) is 8.44. The first-order chi connectivity index (χ1) is 13.1. The maximum Gasteiger partial charge on any atom is 0.276 e. The summed E-state index contributed by atoms with van der Waals surface area (Å²) in [5.41, 5.74) is 3.41. The summed E-state index contributed by atoms with van der Waals surface area (Å²) < 4.78 is 18.1. The lowest BCUT2D eigenvalue weighted by Gasteiger charge is -2.18. The van der Waals surface area contributed by atoms with E-state index in [0.717, 1.165) is 22.6 Å². The molecule has 7 nitrogen and oxygen atoms in total. The summed E-state index contributed by atoms with van der Waals surface area (Å²) >= 11 is 0. The Morgan fingerprint density at radius 2 is 2.00 bits per heavy atom. The molecule has 0 saturated heterocycles. The third-order valence-electron chi connectivity index (χ3n) is 4.53. The van der Waals surface area contributed by atoms with Crippen LogP contribution in [0, 0.1) is 0 Å². The number of rotatable bonds is 4. The number of benzene rings is 2. The van der Waals surface area contributed by atoms with Crippen molar-refractivity contribution in [1.82, 2.24) is 9.78 Å². The van der Waals surface area contributed by atoms with Crippen molar-refractivity contribution < 1.29 is 19.0 Å². The number of carbonyl (C=O) groups is 1. The Kier molecular flexibility index (Phi) is 4.19. The summed E-state index contributed by atoms with van der Waals surface area (Å²) in [6.07, 6.45) is 0. The van der Waals surface area contributed by atoms with E-state index in [2.05, 4.69) is 10.4 Å². The molecule has 0 unspecified atom stereocenters. The van der Waals surface area contributed by atoms with E-state index in [0.29, 0.717) is 22.9 Å². The lowest BCUT2D eigenvalue weighted by molar-refractivity contribution is 0.101. The minimum atomic E-state index is -0.332. The number of methoxy groups -OCH3 is 2. The van der Waals surface area contributed by atoms with E-state index in [1.807, 2.05) is 31.3 Å². The number of aromatic nitrogens is 2. The second-order valence-corrected chi connectivity index (χ2v) is 6.10. The predicted octanol–water partition coefficient (Wildman–Crippen LogP) is 3.25. The second kappa shape index (κ2) is 6.68. The average molecular weight is 365 g/mol. The summed E-state index contributed by atoms with van der Waals surface area (Å²) in [5, 5.41) is 7.30. The summed E-state index contributed by atoms with van der Waals surface area (Å²) in [6.45, 7) is 0.290. The van der Waals surface area contributed by atoms with Gasteiger partial charge in [0.2, 0.25) is 0 Å². The zero-order valence-electron chi connectivity index (χ0n) is 15.3. The molecule has 27 heavy (non-hydrogen) atoms. The third kappa shape index (κ3) is 2.87. The number of hydrogen-bond acceptors (Lipinski definition) is 5. The van der Waals surface area contributed by atoms with Crippen LogP contribution in [0.2, 0.25) is 0 Å². The Hall–Kier alpha value is -3.48. The normalized spacial score (nSPS) is 11.8. The number of ether oxygens (including phenoxy) is 3. The number of para-hydroxylation sites is 1. The number of nitrogens with one attached hydrogen (secondary N) is 1. The van der Waals surface area contributed by atoms with E-state index < -0.39 is 0 Å². The van der Waals surface area contributed by atoms with Gasteiger partial charge >= 0.3 is 0 Å². The Morgan fingerprint density at radius 1 is 1.19 bits per heavy atom. The molecule has 0 spiro atoms. The van der Waals surface area contributed by atoms with Crippen LogP contribution in [-0.4, -0.2) is 29.9 Å². The highest BCUT2D eigenvalue weighted by Crippen LogP contribution is 2.38. The average Bonchev–Trinajstić information content (AvgIpc) is 3.05. The maximum atomic E-state index is 12.9. The highest BCUT2D eigenvalue weighted by atomic mass is 16.5. The van der Waals surface area contributed by atoms with Crippen LogP contribution < -0.4 is 19.5 Å². The molecule has 0 aliphatic carbocycles. The molecule has 7 heteroatoms. The molecule has 0 radical (unpaired) electrons. The van der Waals surface area contributed by atoms with E-state index in [1.165, 1.54) is 0 Å². The molecule has 1 aromatic heterocycles. The number of amides is 1. The van der Waals surface area contributed by atoms with Crippen molar-refractivity contribution in [3.05, 3.63) is 53.7 Å². The van der Waals surface area contributed by atoms with Gasteiger partial charge in [0.05, 0.1) is 25.6 Å². The molecule has 1 amide bonds. The molecular formula is C20H19N3O4. The van der Waals surface area contributed by atoms with Gasteiger partial charge in [0, 0.05) is 24.2 Å². The largest absolute Gasteiger partial charge is 0.497 e. The molecule has 1 aliphatic heterocycles. The molecule has 4 rings (SSSR count).